The largest absolute Gasteiger partial charge is 0.337 e. The van der Waals surface area contributed by atoms with Crippen LogP contribution in [0.5, 0.6) is 0 Å². The zero-order chi connectivity index (χ0) is 31.6. The minimum atomic E-state index is -0.586. The molecule has 2 aliphatic carbocycles. The zero-order valence-electron chi connectivity index (χ0n) is 25.8. The van der Waals surface area contributed by atoms with Crippen molar-refractivity contribution in [3.05, 3.63) is 117 Å². The number of hydrogen-bond acceptors (Lipinski definition) is 5. The second-order valence-corrected chi connectivity index (χ2v) is 14.0. The van der Waals surface area contributed by atoms with Gasteiger partial charge in [-0.2, -0.15) is 0 Å². The summed E-state index contributed by atoms with van der Waals surface area (Å²) in [5.74, 6) is 0.153. The fourth-order valence-electron chi connectivity index (χ4n) is 7.01. The SMILES string of the molecule is O=C([C@H]1CN([C@H]2c3ccc(Cl)cc3CCc3cc(Br)cnc32)CCN1C(=O)C1CC1)N(CCCn1ccnc1)Cc1ccccc1. The average Bonchev–Trinajstić information content (AvgIpc) is 3.82. The lowest BCUT2D eigenvalue weighted by Gasteiger charge is -2.45. The van der Waals surface area contributed by atoms with Crippen LogP contribution < -0.4 is 0 Å². The Hall–Kier alpha value is -3.53. The molecule has 3 aliphatic rings. The van der Waals surface area contributed by atoms with E-state index in [4.69, 9.17) is 16.6 Å². The van der Waals surface area contributed by atoms with E-state index in [0.717, 1.165) is 59.4 Å². The molecule has 1 saturated carbocycles. The molecular weight excluding hydrogens is 664 g/mol. The lowest BCUT2D eigenvalue weighted by Crippen LogP contribution is -2.62. The fourth-order valence-corrected chi connectivity index (χ4v) is 7.58. The molecule has 0 N–H and O–H groups in total. The highest BCUT2D eigenvalue weighted by Gasteiger charge is 2.45. The number of piperazine rings is 1. The maximum absolute atomic E-state index is 14.8. The van der Waals surface area contributed by atoms with Crippen molar-refractivity contribution in [2.45, 2.75) is 57.3 Å². The predicted octanol–water partition coefficient (Wildman–Crippen LogP) is 5.92. The molecule has 2 aromatic heterocycles. The molecule has 0 bridgehead atoms. The molecule has 4 aromatic rings. The van der Waals surface area contributed by atoms with E-state index in [9.17, 15) is 9.59 Å². The van der Waals surface area contributed by atoms with E-state index < -0.39 is 6.04 Å². The molecule has 0 spiro atoms. The first-order valence-corrected chi connectivity index (χ1v) is 17.4. The number of benzene rings is 2. The predicted molar refractivity (Wildman–Crippen MR) is 181 cm³/mol. The van der Waals surface area contributed by atoms with Gasteiger partial charge in [0.15, 0.2) is 0 Å². The van der Waals surface area contributed by atoms with Crippen LogP contribution in [0, 0.1) is 5.92 Å². The summed E-state index contributed by atoms with van der Waals surface area (Å²) in [4.78, 5) is 43.9. The Morgan fingerprint density at radius 3 is 2.63 bits per heavy atom. The van der Waals surface area contributed by atoms with Crippen molar-refractivity contribution in [2.75, 3.05) is 26.2 Å². The highest BCUT2D eigenvalue weighted by molar-refractivity contribution is 9.10. The second-order valence-electron chi connectivity index (χ2n) is 12.7. The van der Waals surface area contributed by atoms with Gasteiger partial charge in [-0.1, -0.05) is 48.0 Å². The van der Waals surface area contributed by atoms with Gasteiger partial charge in [0.2, 0.25) is 11.8 Å². The highest BCUT2D eigenvalue weighted by atomic mass is 79.9. The fraction of sp³-hybridized carbons (Fsp3) is 0.389. The number of halogens is 2. The minimum Gasteiger partial charge on any atom is -0.337 e. The lowest BCUT2D eigenvalue weighted by molar-refractivity contribution is -0.151. The molecule has 0 radical (unpaired) electrons. The number of pyridine rings is 1. The first-order valence-electron chi connectivity index (χ1n) is 16.2. The molecule has 0 unspecified atom stereocenters. The van der Waals surface area contributed by atoms with Gasteiger partial charge in [0.1, 0.15) is 6.04 Å². The number of amides is 2. The maximum Gasteiger partial charge on any atom is 0.247 e. The van der Waals surface area contributed by atoms with E-state index in [2.05, 4.69) is 56.1 Å². The average molecular weight is 702 g/mol. The Morgan fingerprint density at radius 1 is 1.02 bits per heavy atom. The summed E-state index contributed by atoms with van der Waals surface area (Å²) in [6.45, 7) is 3.44. The first-order chi connectivity index (χ1) is 22.4. The number of carbonyl (C=O) groups excluding carboxylic acids is 2. The Morgan fingerprint density at radius 2 is 1.85 bits per heavy atom. The zero-order valence-corrected chi connectivity index (χ0v) is 28.1. The Labute approximate surface area is 283 Å². The van der Waals surface area contributed by atoms with E-state index in [1.165, 1.54) is 16.7 Å². The van der Waals surface area contributed by atoms with Crippen molar-refractivity contribution < 1.29 is 9.59 Å². The molecule has 3 heterocycles. The number of carbonyl (C=O) groups is 2. The van der Waals surface area contributed by atoms with Gasteiger partial charge in [-0.25, -0.2) is 4.98 Å². The van der Waals surface area contributed by atoms with Gasteiger partial charge in [0, 0.05) is 73.3 Å². The van der Waals surface area contributed by atoms with Crippen molar-refractivity contribution in [1.82, 2.24) is 29.2 Å². The summed E-state index contributed by atoms with van der Waals surface area (Å²) < 4.78 is 2.99. The number of hydrogen-bond donors (Lipinski definition) is 0. The van der Waals surface area contributed by atoms with Crippen molar-refractivity contribution >= 4 is 39.3 Å². The van der Waals surface area contributed by atoms with Gasteiger partial charge in [0.25, 0.3) is 0 Å². The lowest BCUT2D eigenvalue weighted by atomic mass is 9.95. The third-order valence-corrected chi connectivity index (χ3v) is 10.2. The Bertz CT molecular complexity index is 1640. The Balaban J connectivity index is 1.22. The highest BCUT2D eigenvalue weighted by Crippen LogP contribution is 2.39. The van der Waals surface area contributed by atoms with Crippen molar-refractivity contribution in [3.63, 3.8) is 0 Å². The van der Waals surface area contributed by atoms with Crippen LogP contribution in [0.1, 0.15) is 53.3 Å². The number of nitrogens with zero attached hydrogens (tertiary/aromatic N) is 6. The summed E-state index contributed by atoms with van der Waals surface area (Å²) in [6.07, 6.45) is 11.7. The number of rotatable bonds is 9. The summed E-state index contributed by atoms with van der Waals surface area (Å²) in [5.41, 5.74) is 5.66. The van der Waals surface area contributed by atoms with E-state index in [0.29, 0.717) is 32.7 Å². The summed E-state index contributed by atoms with van der Waals surface area (Å²) >= 11 is 10.1. The summed E-state index contributed by atoms with van der Waals surface area (Å²) in [7, 11) is 0. The van der Waals surface area contributed by atoms with Crippen molar-refractivity contribution in [2.24, 2.45) is 5.92 Å². The van der Waals surface area contributed by atoms with Gasteiger partial charge < -0.3 is 14.4 Å². The summed E-state index contributed by atoms with van der Waals surface area (Å²) in [6, 6.07) is 17.7. The van der Waals surface area contributed by atoms with Crippen LogP contribution in [-0.4, -0.2) is 73.3 Å². The molecule has 1 aliphatic heterocycles. The Kier molecular flexibility index (Phi) is 9.24. The van der Waals surface area contributed by atoms with Gasteiger partial charge in [-0.3, -0.25) is 19.5 Å². The molecule has 238 valence electrons. The number of fused-ring (bicyclic) bond motifs is 2. The molecule has 46 heavy (non-hydrogen) atoms. The van der Waals surface area contributed by atoms with Crippen molar-refractivity contribution in [1.29, 1.82) is 0 Å². The molecule has 1 saturated heterocycles. The van der Waals surface area contributed by atoms with Crippen LogP contribution in [-0.2, 0) is 35.5 Å². The topological polar surface area (TPSA) is 74.6 Å². The molecular formula is C36H38BrClN6O2. The summed E-state index contributed by atoms with van der Waals surface area (Å²) in [5, 5.41) is 0.720. The van der Waals surface area contributed by atoms with E-state index in [1.54, 1.807) is 12.5 Å². The number of aromatic nitrogens is 3. The number of imidazole rings is 1. The molecule has 2 atom stereocenters. The number of aryl methyl sites for hydroxylation is 3. The molecule has 2 fully saturated rings. The normalized spacial score (nSPS) is 19.7. The quantitative estimate of drug-likeness (QED) is 0.217. The van der Waals surface area contributed by atoms with E-state index in [1.807, 2.05) is 51.0 Å². The van der Waals surface area contributed by atoms with Gasteiger partial charge in [-0.15, -0.1) is 0 Å². The van der Waals surface area contributed by atoms with E-state index in [-0.39, 0.29) is 23.8 Å². The second kappa shape index (κ2) is 13.7. The third-order valence-electron chi connectivity index (χ3n) is 9.49. The smallest absolute Gasteiger partial charge is 0.247 e. The van der Waals surface area contributed by atoms with Crippen LogP contribution >= 0.6 is 27.5 Å². The van der Waals surface area contributed by atoms with Gasteiger partial charge in [0.05, 0.1) is 18.1 Å². The standard InChI is InChI=1S/C36H38BrClN6O2/c37-29-19-28-10-9-27-20-30(38)11-12-31(27)34(33(28)40-21-29)42-17-18-44(35(45)26-7-8-26)32(23-42)36(46)43(22-25-5-2-1-3-6-25)15-4-14-41-16-13-39-24-41/h1-3,5-6,11-13,16,19-21,24,26,32,34H,4,7-10,14-15,17-18,22-23H2/t32-,34+/m1/s1. The van der Waals surface area contributed by atoms with Crippen molar-refractivity contribution in [3.8, 4) is 0 Å². The van der Waals surface area contributed by atoms with Crippen LogP contribution in [0.2, 0.25) is 5.02 Å². The molecule has 7 rings (SSSR count). The molecule has 2 aromatic carbocycles. The van der Waals surface area contributed by atoms with Crippen LogP contribution in [0.3, 0.4) is 0 Å². The third kappa shape index (κ3) is 6.77. The van der Waals surface area contributed by atoms with Crippen LogP contribution in [0.25, 0.3) is 0 Å². The van der Waals surface area contributed by atoms with Crippen LogP contribution in [0.4, 0.5) is 0 Å². The van der Waals surface area contributed by atoms with E-state index >= 15 is 0 Å². The first kappa shape index (κ1) is 31.1. The van der Waals surface area contributed by atoms with Gasteiger partial charge >= 0.3 is 0 Å². The van der Waals surface area contributed by atoms with Gasteiger partial charge in [-0.05, 0) is 88.5 Å². The van der Waals surface area contributed by atoms with Crippen LogP contribution in [0.15, 0.2) is 84.0 Å². The minimum absolute atomic E-state index is 0.00197. The monoisotopic (exact) mass is 700 g/mol. The maximum atomic E-state index is 14.8. The molecule has 2 amide bonds. The molecule has 10 heteroatoms. The molecule has 8 nitrogen and oxygen atoms in total.